The summed E-state index contributed by atoms with van der Waals surface area (Å²) in [6.07, 6.45) is 5.01. The first-order valence-electron chi connectivity index (χ1n) is 6.69. The van der Waals surface area contributed by atoms with Gasteiger partial charge in [-0.25, -0.2) is 0 Å². The Morgan fingerprint density at radius 1 is 1.44 bits per heavy atom. The molecule has 0 bridgehead atoms. The molecule has 0 aromatic heterocycles. The van der Waals surface area contributed by atoms with Crippen LogP contribution in [0.25, 0.3) is 0 Å². The molecule has 1 aliphatic carbocycles. The smallest absolute Gasteiger partial charge is 0.146 e. The molecule has 2 fully saturated rings. The van der Waals surface area contributed by atoms with Crippen molar-refractivity contribution >= 4 is 5.78 Å². The van der Waals surface area contributed by atoms with Gasteiger partial charge in [-0.3, -0.25) is 4.79 Å². The van der Waals surface area contributed by atoms with Crippen LogP contribution >= 0.6 is 0 Å². The van der Waals surface area contributed by atoms with Crippen LogP contribution in [0.2, 0.25) is 0 Å². The third-order valence-corrected chi connectivity index (χ3v) is 4.30. The molecule has 92 valence electrons. The highest BCUT2D eigenvalue weighted by Gasteiger charge is 2.38. The molecule has 0 amide bonds. The molecule has 1 heterocycles. The lowest BCUT2D eigenvalue weighted by Gasteiger charge is -2.44. The third kappa shape index (κ3) is 2.46. The van der Waals surface area contributed by atoms with Gasteiger partial charge in [0.15, 0.2) is 0 Å². The zero-order chi connectivity index (χ0) is 11.5. The molecule has 4 atom stereocenters. The molecule has 0 aromatic carbocycles. The molecule has 1 saturated carbocycles. The summed E-state index contributed by atoms with van der Waals surface area (Å²) in [5, 5.41) is 7.01. The number of ketones is 1. The molecule has 1 saturated heterocycles. The predicted molar refractivity (Wildman–Crippen MR) is 65.4 cm³/mol. The standard InChI is InChI=1S/C13H24N2O/c1-3-14-12-6-4-5-10-8-15-13(9(2)16)7-11(10)12/h10-15H,3-8H2,1-2H3/t10-,11+,12?,13+/m1/s1. The minimum Gasteiger partial charge on any atom is -0.314 e. The van der Waals surface area contributed by atoms with Crippen LogP contribution in [0.15, 0.2) is 0 Å². The SMILES string of the molecule is CCNC1CCC[C@@H]2CN[C@H](C(C)=O)C[C@H]12. The van der Waals surface area contributed by atoms with Gasteiger partial charge >= 0.3 is 0 Å². The molecule has 1 unspecified atom stereocenters. The van der Waals surface area contributed by atoms with Gasteiger partial charge in [0.25, 0.3) is 0 Å². The van der Waals surface area contributed by atoms with Crippen molar-refractivity contribution in [2.75, 3.05) is 13.1 Å². The fourth-order valence-corrected chi connectivity index (χ4v) is 3.44. The second-order valence-corrected chi connectivity index (χ2v) is 5.33. The van der Waals surface area contributed by atoms with E-state index in [0.717, 1.165) is 25.4 Å². The number of fused-ring (bicyclic) bond motifs is 1. The van der Waals surface area contributed by atoms with Gasteiger partial charge in [-0.2, -0.15) is 0 Å². The van der Waals surface area contributed by atoms with Gasteiger partial charge in [0.05, 0.1) is 6.04 Å². The maximum atomic E-state index is 11.5. The second-order valence-electron chi connectivity index (χ2n) is 5.33. The van der Waals surface area contributed by atoms with E-state index in [4.69, 9.17) is 0 Å². The number of nitrogens with one attached hydrogen (secondary N) is 2. The summed E-state index contributed by atoms with van der Waals surface area (Å²) in [7, 11) is 0. The molecular weight excluding hydrogens is 200 g/mol. The third-order valence-electron chi connectivity index (χ3n) is 4.30. The highest BCUT2D eigenvalue weighted by atomic mass is 16.1. The first kappa shape index (κ1) is 12.1. The van der Waals surface area contributed by atoms with E-state index in [1.165, 1.54) is 19.3 Å². The molecule has 16 heavy (non-hydrogen) atoms. The topological polar surface area (TPSA) is 41.1 Å². The quantitative estimate of drug-likeness (QED) is 0.760. The first-order valence-corrected chi connectivity index (χ1v) is 6.69. The largest absolute Gasteiger partial charge is 0.314 e. The molecule has 3 nitrogen and oxygen atoms in total. The molecule has 2 N–H and O–H groups in total. The summed E-state index contributed by atoms with van der Waals surface area (Å²) in [6.45, 7) is 5.97. The highest BCUT2D eigenvalue weighted by Crippen LogP contribution is 2.35. The van der Waals surface area contributed by atoms with Gasteiger partial charge in [-0.15, -0.1) is 0 Å². The Labute approximate surface area is 98.4 Å². The van der Waals surface area contributed by atoms with Crippen LogP contribution in [-0.4, -0.2) is 31.0 Å². The van der Waals surface area contributed by atoms with Crippen molar-refractivity contribution in [1.82, 2.24) is 10.6 Å². The molecule has 0 radical (unpaired) electrons. The summed E-state index contributed by atoms with van der Waals surface area (Å²) >= 11 is 0. The molecule has 3 heteroatoms. The molecule has 1 aliphatic heterocycles. The maximum absolute atomic E-state index is 11.5. The van der Waals surface area contributed by atoms with E-state index in [0.29, 0.717) is 17.7 Å². The van der Waals surface area contributed by atoms with E-state index >= 15 is 0 Å². The van der Waals surface area contributed by atoms with Crippen LogP contribution in [0.5, 0.6) is 0 Å². The fourth-order valence-electron chi connectivity index (χ4n) is 3.44. The van der Waals surface area contributed by atoms with Gasteiger partial charge in [0, 0.05) is 6.04 Å². The summed E-state index contributed by atoms with van der Waals surface area (Å²) in [5.41, 5.74) is 0. The Hall–Kier alpha value is -0.410. The number of Topliss-reactive ketones (excluding diaryl/α,β-unsaturated/α-hetero) is 1. The van der Waals surface area contributed by atoms with Crippen molar-refractivity contribution in [3.8, 4) is 0 Å². The van der Waals surface area contributed by atoms with Crippen molar-refractivity contribution in [2.24, 2.45) is 11.8 Å². The zero-order valence-corrected chi connectivity index (χ0v) is 10.5. The summed E-state index contributed by atoms with van der Waals surface area (Å²) in [5.74, 6) is 1.80. The van der Waals surface area contributed by atoms with Crippen LogP contribution < -0.4 is 10.6 Å². The Kier molecular flexibility index (Phi) is 3.98. The molecule has 0 spiro atoms. The van der Waals surface area contributed by atoms with E-state index in [1.807, 2.05) is 0 Å². The van der Waals surface area contributed by atoms with E-state index < -0.39 is 0 Å². The lowest BCUT2D eigenvalue weighted by Crippen LogP contribution is -2.54. The van der Waals surface area contributed by atoms with Crippen molar-refractivity contribution in [2.45, 2.75) is 51.6 Å². The van der Waals surface area contributed by atoms with Crippen LogP contribution in [-0.2, 0) is 4.79 Å². The second kappa shape index (κ2) is 5.28. The normalized spacial score (nSPS) is 39.1. The minimum atomic E-state index is 0.112. The van der Waals surface area contributed by atoms with Crippen LogP contribution in [0.3, 0.4) is 0 Å². The number of carbonyl (C=O) groups is 1. The van der Waals surface area contributed by atoms with Gasteiger partial charge in [-0.05, 0) is 51.1 Å². The zero-order valence-electron chi connectivity index (χ0n) is 10.5. The lowest BCUT2D eigenvalue weighted by atomic mass is 9.70. The summed E-state index contributed by atoms with van der Waals surface area (Å²) in [6, 6.07) is 0.758. The van der Waals surface area contributed by atoms with Gasteiger partial charge < -0.3 is 10.6 Å². The molecule has 2 aliphatic rings. The average molecular weight is 224 g/mol. The minimum absolute atomic E-state index is 0.112. The number of hydrogen-bond acceptors (Lipinski definition) is 3. The Morgan fingerprint density at radius 3 is 2.94 bits per heavy atom. The van der Waals surface area contributed by atoms with Crippen molar-refractivity contribution < 1.29 is 4.79 Å². The lowest BCUT2D eigenvalue weighted by molar-refractivity contribution is -0.120. The van der Waals surface area contributed by atoms with Crippen LogP contribution in [0.1, 0.15) is 39.5 Å². The fraction of sp³-hybridized carbons (Fsp3) is 0.923. The van der Waals surface area contributed by atoms with E-state index in [2.05, 4.69) is 17.6 Å². The first-order chi connectivity index (χ1) is 7.72. The number of rotatable bonds is 3. The summed E-state index contributed by atoms with van der Waals surface area (Å²) < 4.78 is 0. The van der Waals surface area contributed by atoms with Crippen molar-refractivity contribution in [1.29, 1.82) is 0 Å². The van der Waals surface area contributed by atoms with E-state index in [9.17, 15) is 4.79 Å². The highest BCUT2D eigenvalue weighted by molar-refractivity contribution is 5.81. The van der Waals surface area contributed by atoms with Gasteiger partial charge in [-0.1, -0.05) is 13.3 Å². The van der Waals surface area contributed by atoms with E-state index in [-0.39, 0.29) is 6.04 Å². The molecular formula is C13H24N2O. The predicted octanol–water partition coefficient (Wildman–Crippen LogP) is 1.33. The maximum Gasteiger partial charge on any atom is 0.146 e. The molecule has 2 rings (SSSR count). The van der Waals surface area contributed by atoms with Crippen molar-refractivity contribution in [3.05, 3.63) is 0 Å². The summed E-state index contributed by atoms with van der Waals surface area (Å²) in [4.78, 5) is 11.5. The monoisotopic (exact) mass is 224 g/mol. The number of piperidine rings is 1. The van der Waals surface area contributed by atoms with Crippen molar-refractivity contribution in [3.63, 3.8) is 0 Å². The Morgan fingerprint density at radius 2 is 2.25 bits per heavy atom. The van der Waals surface area contributed by atoms with E-state index in [1.54, 1.807) is 6.92 Å². The molecule has 0 aromatic rings. The Balaban J connectivity index is 2.01. The van der Waals surface area contributed by atoms with Gasteiger partial charge in [0.1, 0.15) is 5.78 Å². The Bertz CT molecular complexity index is 252. The van der Waals surface area contributed by atoms with Crippen LogP contribution in [0.4, 0.5) is 0 Å². The number of carbonyl (C=O) groups excluding carboxylic acids is 1. The van der Waals surface area contributed by atoms with Gasteiger partial charge in [0.2, 0.25) is 0 Å². The average Bonchev–Trinajstić information content (AvgIpc) is 2.29. The number of hydrogen-bond donors (Lipinski definition) is 2. The van der Waals surface area contributed by atoms with Crippen LogP contribution in [0, 0.1) is 11.8 Å².